The molecule has 0 atom stereocenters. The molecule has 28 heavy (non-hydrogen) atoms. The molecule has 2 rings (SSSR count). The highest BCUT2D eigenvalue weighted by molar-refractivity contribution is 7.64. The molecular formula is C22H31Cl3O2Si. The van der Waals surface area contributed by atoms with E-state index in [0.717, 1.165) is 36.3 Å². The Labute approximate surface area is 184 Å². The van der Waals surface area contributed by atoms with Gasteiger partial charge in [0.15, 0.2) is 0 Å². The molecule has 0 aliphatic heterocycles. The molecule has 1 fully saturated rings. The van der Waals surface area contributed by atoms with Crippen LogP contribution >= 0.6 is 33.2 Å². The van der Waals surface area contributed by atoms with Gasteiger partial charge < -0.3 is 4.74 Å². The van der Waals surface area contributed by atoms with Crippen LogP contribution in [-0.2, 0) is 16.0 Å². The Balaban J connectivity index is 1.63. The van der Waals surface area contributed by atoms with E-state index in [9.17, 15) is 4.79 Å². The molecule has 0 heterocycles. The summed E-state index contributed by atoms with van der Waals surface area (Å²) in [5.41, 5.74) is 2.39. The minimum atomic E-state index is -2.42. The van der Waals surface area contributed by atoms with Crippen molar-refractivity contribution >= 4 is 51.3 Å². The van der Waals surface area contributed by atoms with Gasteiger partial charge >= 0.3 is 12.0 Å². The van der Waals surface area contributed by atoms with Gasteiger partial charge in [0, 0.05) is 6.08 Å². The molecule has 1 saturated carbocycles. The van der Waals surface area contributed by atoms with E-state index in [0.29, 0.717) is 0 Å². The highest BCUT2D eigenvalue weighted by Gasteiger charge is 2.25. The summed E-state index contributed by atoms with van der Waals surface area (Å²) in [6.45, 7) is 0. The number of esters is 1. The summed E-state index contributed by atoms with van der Waals surface area (Å²) in [5.74, 6) is 1.39. The maximum absolute atomic E-state index is 11.1. The third kappa shape index (κ3) is 9.82. The van der Waals surface area contributed by atoms with Crippen LogP contribution in [0.1, 0.15) is 62.5 Å². The first-order valence-electron chi connectivity index (χ1n) is 10.3. The van der Waals surface area contributed by atoms with Crippen molar-refractivity contribution in [3.8, 4) is 0 Å². The fraction of sp³-hybridized carbons (Fsp3) is 0.591. The predicted molar refractivity (Wildman–Crippen MR) is 123 cm³/mol. The molecule has 0 N–H and O–H groups in total. The summed E-state index contributed by atoms with van der Waals surface area (Å²) in [7, 11) is 1.39. The third-order valence-electron chi connectivity index (χ3n) is 5.72. The molecule has 0 aromatic heterocycles. The van der Waals surface area contributed by atoms with Crippen LogP contribution in [0.25, 0.3) is 6.08 Å². The number of ether oxygens (including phenoxy) is 1. The Morgan fingerprint density at radius 3 is 2.21 bits per heavy atom. The lowest BCUT2D eigenvalue weighted by atomic mass is 9.78. The average molecular weight is 462 g/mol. The minimum absolute atomic E-state index is 0.327. The lowest BCUT2D eigenvalue weighted by molar-refractivity contribution is -0.134. The lowest BCUT2D eigenvalue weighted by Crippen LogP contribution is -2.15. The molecular weight excluding hydrogens is 431 g/mol. The van der Waals surface area contributed by atoms with E-state index in [2.05, 4.69) is 29.0 Å². The summed E-state index contributed by atoms with van der Waals surface area (Å²) in [6.07, 6.45) is 14.6. The van der Waals surface area contributed by atoms with Gasteiger partial charge in [0.1, 0.15) is 0 Å². The topological polar surface area (TPSA) is 26.3 Å². The summed E-state index contributed by atoms with van der Waals surface area (Å²) in [6, 6.07) is 6.82. The van der Waals surface area contributed by atoms with Crippen molar-refractivity contribution in [3.63, 3.8) is 0 Å². The van der Waals surface area contributed by atoms with E-state index in [4.69, 9.17) is 33.2 Å². The monoisotopic (exact) mass is 460 g/mol. The number of hydrogen-bond acceptors (Lipinski definition) is 2. The van der Waals surface area contributed by atoms with Gasteiger partial charge in [0.05, 0.1) is 7.11 Å². The van der Waals surface area contributed by atoms with Gasteiger partial charge in [-0.2, -0.15) is 0 Å². The zero-order valence-corrected chi connectivity index (χ0v) is 19.9. The van der Waals surface area contributed by atoms with E-state index in [-0.39, 0.29) is 5.97 Å². The molecule has 1 aromatic carbocycles. The van der Waals surface area contributed by atoms with Crippen LogP contribution in [0.5, 0.6) is 0 Å². The van der Waals surface area contributed by atoms with E-state index < -0.39 is 6.00 Å². The Kier molecular flexibility index (Phi) is 10.4. The van der Waals surface area contributed by atoms with Crippen molar-refractivity contribution in [3.05, 3.63) is 41.5 Å². The van der Waals surface area contributed by atoms with Crippen molar-refractivity contribution in [2.75, 3.05) is 7.11 Å². The quantitative estimate of drug-likeness (QED) is 0.119. The number of carbonyl (C=O) groups excluding carboxylic acids is 1. The van der Waals surface area contributed by atoms with Crippen LogP contribution in [0.3, 0.4) is 0 Å². The molecule has 1 aliphatic carbocycles. The Morgan fingerprint density at radius 2 is 1.64 bits per heavy atom. The molecule has 6 heteroatoms. The second kappa shape index (κ2) is 12.3. The Hall–Kier alpha value is -0.483. The van der Waals surface area contributed by atoms with Crippen LogP contribution in [0.4, 0.5) is 0 Å². The number of benzene rings is 1. The summed E-state index contributed by atoms with van der Waals surface area (Å²) in [5, 5.41) is 0. The molecule has 0 unspecified atom stereocenters. The number of carbonyl (C=O) groups is 1. The van der Waals surface area contributed by atoms with Gasteiger partial charge in [-0.25, -0.2) is 4.79 Å². The molecule has 156 valence electrons. The maximum Gasteiger partial charge on any atom is 0.341 e. The number of hydrogen-bond donors (Lipinski definition) is 0. The van der Waals surface area contributed by atoms with Crippen LogP contribution in [0.2, 0.25) is 6.04 Å². The maximum atomic E-state index is 11.1. The summed E-state index contributed by atoms with van der Waals surface area (Å²) < 4.78 is 4.61. The highest BCUT2D eigenvalue weighted by atomic mass is 35.8. The van der Waals surface area contributed by atoms with Crippen LogP contribution in [-0.4, -0.2) is 19.1 Å². The standard InChI is InChI=1S/C22H31Cl3O2Si/c1-27-22(26)16-15-21-13-11-20(12-14-21)10-9-19-7-5-18(6-8-19)4-2-3-17-28(23,24)25/h11-16,18-19H,2-10,17H2,1H3/b16-15+. The summed E-state index contributed by atoms with van der Waals surface area (Å²) in [4.78, 5) is 11.1. The molecule has 0 saturated heterocycles. The predicted octanol–water partition coefficient (Wildman–Crippen LogP) is 7.44. The first kappa shape index (κ1) is 23.8. The molecule has 2 nitrogen and oxygen atoms in total. The molecule has 1 aromatic rings. The molecule has 0 bridgehead atoms. The number of rotatable bonds is 10. The average Bonchev–Trinajstić information content (AvgIpc) is 2.68. The van der Waals surface area contributed by atoms with E-state index in [1.807, 2.05) is 0 Å². The smallest absolute Gasteiger partial charge is 0.341 e. The van der Waals surface area contributed by atoms with Gasteiger partial charge in [0.25, 0.3) is 0 Å². The largest absolute Gasteiger partial charge is 0.466 e. The fourth-order valence-corrected chi connectivity index (χ4v) is 5.82. The fourth-order valence-electron chi connectivity index (χ4n) is 3.97. The van der Waals surface area contributed by atoms with Gasteiger partial charge in [-0.15, -0.1) is 33.2 Å². The van der Waals surface area contributed by atoms with Crippen molar-refractivity contribution in [2.24, 2.45) is 11.8 Å². The molecule has 1 aliphatic rings. The highest BCUT2D eigenvalue weighted by Crippen LogP contribution is 2.35. The van der Waals surface area contributed by atoms with Crippen LogP contribution in [0, 0.1) is 11.8 Å². The Morgan fingerprint density at radius 1 is 1.04 bits per heavy atom. The van der Waals surface area contributed by atoms with Gasteiger partial charge in [0.2, 0.25) is 0 Å². The second-order valence-corrected chi connectivity index (χ2v) is 17.2. The van der Waals surface area contributed by atoms with E-state index in [1.165, 1.54) is 63.7 Å². The number of halogens is 3. The normalized spacial score (nSPS) is 20.4. The van der Waals surface area contributed by atoms with E-state index >= 15 is 0 Å². The molecule has 0 radical (unpaired) electrons. The number of methoxy groups -OCH3 is 1. The van der Waals surface area contributed by atoms with Gasteiger partial charge in [-0.1, -0.05) is 69.2 Å². The molecule has 0 spiro atoms. The van der Waals surface area contributed by atoms with Gasteiger partial charge in [-0.3, -0.25) is 0 Å². The van der Waals surface area contributed by atoms with Crippen LogP contribution in [0.15, 0.2) is 30.3 Å². The second-order valence-electron chi connectivity index (χ2n) is 7.88. The Bertz CT molecular complexity index is 618. The van der Waals surface area contributed by atoms with E-state index in [1.54, 1.807) is 6.08 Å². The first-order chi connectivity index (χ1) is 13.4. The van der Waals surface area contributed by atoms with Crippen molar-refractivity contribution in [1.29, 1.82) is 0 Å². The zero-order valence-electron chi connectivity index (χ0n) is 16.6. The third-order valence-corrected chi connectivity index (χ3v) is 8.34. The number of unbranched alkanes of at least 4 members (excludes halogenated alkanes) is 1. The summed E-state index contributed by atoms with van der Waals surface area (Å²) >= 11 is 17.8. The van der Waals surface area contributed by atoms with Crippen molar-refractivity contribution in [2.45, 2.75) is 63.8 Å². The lowest BCUT2D eigenvalue weighted by Gasteiger charge is -2.28. The van der Waals surface area contributed by atoms with Gasteiger partial charge in [-0.05, 0) is 47.9 Å². The SMILES string of the molecule is COC(=O)/C=C/c1ccc(CCC2CCC(CCCC[Si](Cl)(Cl)Cl)CC2)cc1. The van der Waals surface area contributed by atoms with Crippen molar-refractivity contribution in [1.82, 2.24) is 0 Å². The minimum Gasteiger partial charge on any atom is -0.466 e. The first-order valence-corrected chi connectivity index (χ1v) is 15.5. The molecule has 0 amide bonds. The van der Waals surface area contributed by atoms with Crippen LogP contribution < -0.4 is 0 Å². The number of aryl methyl sites for hydroxylation is 1. The zero-order chi connectivity index (χ0) is 20.4. The van der Waals surface area contributed by atoms with Crippen molar-refractivity contribution < 1.29 is 9.53 Å².